The van der Waals surface area contributed by atoms with E-state index in [4.69, 9.17) is 14.9 Å². The third kappa shape index (κ3) is 2.25. The van der Waals surface area contributed by atoms with Crippen LogP contribution < -0.4 is 11.3 Å². The minimum absolute atomic E-state index is 0.122. The van der Waals surface area contributed by atoms with Gasteiger partial charge in [-0.1, -0.05) is 0 Å². The number of aliphatic hydroxyl groups excluding tert-OH is 2. The summed E-state index contributed by atoms with van der Waals surface area (Å²) in [5.41, 5.74) is 3.90. The Kier molecular flexibility index (Phi) is 3.63. The highest BCUT2D eigenvalue weighted by Gasteiger charge is 2.53. The number of aromatic amines is 1. The van der Waals surface area contributed by atoms with Gasteiger partial charge < -0.3 is 34.8 Å². The van der Waals surface area contributed by atoms with Gasteiger partial charge in [0.2, 0.25) is 5.95 Å². The minimum Gasteiger partial charge on any atom is -0.443 e. The van der Waals surface area contributed by atoms with Gasteiger partial charge >= 0.3 is 0 Å². The van der Waals surface area contributed by atoms with Crippen molar-refractivity contribution in [3.8, 4) is 11.3 Å². The highest BCUT2D eigenvalue weighted by atomic mass is 16.6. The zero-order valence-electron chi connectivity index (χ0n) is 13.7. The lowest BCUT2D eigenvalue weighted by Gasteiger charge is -2.27. The molecule has 0 bridgehead atoms. The number of oxazole rings is 1. The fraction of sp³-hybridized carbons (Fsp3) is 0.400. The monoisotopic (exact) mass is 363 g/mol. The maximum Gasteiger partial charge on any atom is 0.262 e. The highest BCUT2D eigenvalue weighted by molar-refractivity contribution is 5.92. The SMILES string of the molecule is C[C@@]1(O)[C@H](O)[C@@H](CO)O[C@H]1n1cc(-c2cnco2)c2c(=O)[nH]c(N)nc21. The van der Waals surface area contributed by atoms with Gasteiger partial charge in [0.15, 0.2) is 24.0 Å². The number of fused-ring (bicyclic) bond motifs is 1. The van der Waals surface area contributed by atoms with E-state index in [-0.39, 0.29) is 17.0 Å². The first-order valence-corrected chi connectivity index (χ1v) is 7.80. The fourth-order valence-corrected chi connectivity index (χ4v) is 3.28. The van der Waals surface area contributed by atoms with Gasteiger partial charge in [-0.25, -0.2) is 4.98 Å². The number of nitrogens with one attached hydrogen (secondary N) is 1. The summed E-state index contributed by atoms with van der Waals surface area (Å²) in [5.74, 6) is 0.186. The van der Waals surface area contributed by atoms with Crippen molar-refractivity contribution in [2.24, 2.45) is 0 Å². The molecule has 1 aliphatic rings. The molecule has 1 aliphatic heterocycles. The van der Waals surface area contributed by atoms with Gasteiger partial charge in [-0.15, -0.1) is 0 Å². The molecule has 4 rings (SSSR count). The largest absolute Gasteiger partial charge is 0.443 e. The molecule has 0 aromatic carbocycles. The number of aromatic nitrogens is 4. The number of aliphatic hydroxyl groups is 3. The summed E-state index contributed by atoms with van der Waals surface area (Å²) in [7, 11) is 0. The molecule has 26 heavy (non-hydrogen) atoms. The van der Waals surface area contributed by atoms with Crippen molar-refractivity contribution in [3.05, 3.63) is 29.1 Å². The zero-order valence-corrected chi connectivity index (χ0v) is 13.7. The Hall–Kier alpha value is -2.73. The number of hydrogen-bond donors (Lipinski definition) is 5. The van der Waals surface area contributed by atoms with Crippen LogP contribution in [0.25, 0.3) is 22.4 Å². The molecular weight excluding hydrogens is 346 g/mol. The van der Waals surface area contributed by atoms with E-state index in [0.717, 1.165) is 0 Å². The van der Waals surface area contributed by atoms with Crippen LogP contribution in [-0.2, 0) is 4.74 Å². The van der Waals surface area contributed by atoms with Gasteiger partial charge in [-0.05, 0) is 6.92 Å². The van der Waals surface area contributed by atoms with Gasteiger partial charge in [0.25, 0.3) is 5.56 Å². The zero-order chi connectivity index (χ0) is 18.6. The molecule has 0 saturated carbocycles. The second-order valence-electron chi connectivity index (χ2n) is 6.35. The van der Waals surface area contributed by atoms with Crippen LogP contribution in [0, 0.1) is 0 Å². The van der Waals surface area contributed by atoms with E-state index in [1.54, 1.807) is 0 Å². The molecule has 4 atom stereocenters. The molecule has 0 spiro atoms. The summed E-state index contributed by atoms with van der Waals surface area (Å²) in [6, 6.07) is 0. The van der Waals surface area contributed by atoms with Crippen LogP contribution in [0.5, 0.6) is 0 Å². The van der Waals surface area contributed by atoms with Crippen molar-refractivity contribution in [2.45, 2.75) is 31.0 Å². The lowest BCUT2D eigenvalue weighted by molar-refractivity contribution is -0.0948. The van der Waals surface area contributed by atoms with E-state index >= 15 is 0 Å². The molecule has 138 valence electrons. The summed E-state index contributed by atoms with van der Waals surface area (Å²) >= 11 is 0. The second kappa shape index (κ2) is 5.64. The van der Waals surface area contributed by atoms with Gasteiger partial charge in [0.05, 0.1) is 23.8 Å². The molecule has 0 amide bonds. The molecule has 6 N–H and O–H groups in total. The Morgan fingerprint density at radius 1 is 1.50 bits per heavy atom. The molecule has 3 aromatic rings. The maximum absolute atomic E-state index is 12.4. The molecule has 0 radical (unpaired) electrons. The van der Waals surface area contributed by atoms with Gasteiger partial charge in [0.1, 0.15) is 17.8 Å². The first-order chi connectivity index (χ1) is 12.3. The second-order valence-corrected chi connectivity index (χ2v) is 6.35. The lowest BCUT2D eigenvalue weighted by Crippen LogP contribution is -2.44. The van der Waals surface area contributed by atoms with Crippen molar-refractivity contribution < 1.29 is 24.5 Å². The molecule has 0 unspecified atom stereocenters. The third-order valence-electron chi connectivity index (χ3n) is 4.59. The third-order valence-corrected chi connectivity index (χ3v) is 4.59. The van der Waals surface area contributed by atoms with Crippen LogP contribution in [0.3, 0.4) is 0 Å². The van der Waals surface area contributed by atoms with Crippen molar-refractivity contribution >= 4 is 17.0 Å². The minimum atomic E-state index is -1.75. The number of nitrogen functional groups attached to an aromatic ring is 1. The highest BCUT2D eigenvalue weighted by Crippen LogP contribution is 2.41. The van der Waals surface area contributed by atoms with Crippen molar-refractivity contribution in [2.75, 3.05) is 12.3 Å². The molecule has 11 nitrogen and oxygen atoms in total. The average molecular weight is 363 g/mol. The number of nitrogens with zero attached hydrogens (tertiary/aromatic N) is 3. The normalized spacial score (nSPS) is 28.8. The van der Waals surface area contributed by atoms with Crippen molar-refractivity contribution in [1.82, 2.24) is 19.5 Å². The number of ether oxygens (including phenoxy) is 1. The molecule has 4 heterocycles. The number of rotatable bonds is 3. The Balaban J connectivity index is 1.98. The fourth-order valence-electron chi connectivity index (χ4n) is 3.28. The van der Waals surface area contributed by atoms with Crippen LogP contribution in [0.4, 0.5) is 5.95 Å². The molecule has 1 fully saturated rings. The first kappa shape index (κ1) is 16.7. The van der Waals surface area contributed by atoms with Crippen LogP contribution in [0.15, 0.2) is 28.0 Å². The summed E-state index contributed by atoms with van der Waals surface area (Å²) in [6.07, 6.45) is 0.670. The van der Waals surface area contributed by atoms with Crippen LogP contribution >= 0.6 is 0 Å². The summed E-state index contributed by atoms with van der Waals surface area (Å²) in [5, 5.41) is 30.5. The van der Waals surface area contributed by atoms with E-state index in [1.807, 2.05) is 0 Å². The first-order valence-electron chi connectivity index (χ1n) is 7.80. The Labute approximate surface area is 145 Å². The quantitative estimate of drug-likeness (QED) is 0.389. The summed E-state index contributed by atoms with van der Waals surface area (Å²) in [6.45, 7) is 0.882. The Morgan fingerprint density at radius 2 is 2.27 bits per heavy atom. The average Bonchev–Trinajstić information content (AvgIpc) is 3.26. The number of hydrogen-bond acceptors (Lipinski definition) is 9. The number of H-pyrrole nitrogens is 1. The summed E-state index contributed by atoms with van der Waals surface area (Å²) in [4.78, 5) is 22.8. The van der Waals surface area contributed by atoms with E-state index in [2.05, 4.69) is 15.0 Å². The van der Waals surface area contributed by atoms with Crippen LogP contribution in [0.2, 0.25) is 0 Å². The van der Waals surface area contributed by atoms with Gasteiger partial charge in [-0.2, -0.15) is 4.98 Å². The van der Waals surface area contributed by atoms with E-state index < -0.39 is 36.2 Å². The topological polar surface area (TPSA) is 173 Å². The lowest BCUT2D eigenvalue weighted by atomic mass is 9.96. The summed E-state index contributed by atoms with van der Waals surface area (Å²) < 4.78 is 12.3. The molecule has 11 heteroatoms. The number of anilines is 1. The van der Waals surface area contributed by atoms with Crippen molar-refractivity contribution in [3.63, 3.8) is 0 Å². The Bertz CT molecular complexity index is 1010. The standard InChI is InChI=1S/C15H17N5O6/c1-15(24)10(22)8(4-21)26-13(15)20-3-6(7-2-17-5-25-7)9-11(20)18-14(16)19-12(9)23/h2-3,5,8,10,13,21-22,24H,4H2,1H3,(H3,16,18,19,23)/t8-,10-,13-,15-/m1/s1. The number of nitrogens with two attached hydrogens (primary N) is 1. The molecule has 0 aliphatic carbocycles. The molecule has 3 aromatic heterocycles. The molecule has 1 saturated heterocycles. The Morgan fingerprint density at radius 3 is 2.88 bits per heavy atom. The van der Waals surface area contributed by atoms with Gasteiger partial charge in [0, 0.05) is 6.20 Å². The van der Waals surface area contributed by atoms with E-state index in [9.17, 15) is 20.1 Å². The van der Waals surface area contributed by atoms with Crippen molar-refractivity contribution in [1.29, 1.82) is 0 Å². The molecular formula is C15H17N5O6. The van der Waals surface area contributed by atoms with E-state index in [0.29, 0.717) is 11.3 Å². The van der Waals surface area contributed by atoms with Gasteiger partial charge in [-0.3, -0.25) is 9.78 Å². The predicted molar refractivity (Wildman–Crippen MR) is 87.9 cm³/mol. The van der Waals surface area contributed by atoms with Crippen LogP contribution in [0.1, 0.15) is 13.2 Å². The predicted octanol–water partition coefficient (Wildman–Crippen LogP) is -1.04. The van der Waals surface area contributed by atoms with Crippen LogP contribution in [-0.4, -0.2) is 59.3 Å². The smallest absolute Gasteiger partial charge is 0.262 e. The maximum atomic E-state index is 12.4. The van der Waals surface area contributed by atoms with E-state index in [1.165, 1.54) is 30.3 Å².